The highest BCUT2D eigenvalue weighted by molar-refractivity contribution is 9.10. The lowest BCUT2D eigenvalue weighted by Gasteiger charge is -2.27. The zero-order valence-corrected chi connectivity index (χ0v) is 12.4. The van der Waals surface area contributed by atoms with E-state index in [9.17, 15) is 14.7 Å². The van der Waals surface area contributed by atoms with Gasteiger partial charge in [0.25, 0.3) is 0 Å². The Morgan fingerprint density at radius 1 is 1.50 bits per heavy atom. The van der Waals surface area contributed by atoms with E-state index in [1.807, 2.05) is 24.3 Å². The maximum absolute atomic E-state index is 12.0. The van der Waals surface area contributed by atoms with Gasteiger partial charge in [-0.15, -0.1) is 0 Å². The molecule has 2 unspecified atom stereocenters. The molecular formula is C14H16BrNO4. The van der Waals surface area contributed by atoms with Crippen LogP contribution in [0.5, 0.6) is 0 Å². The topological polar surface area (TPSA) is 77.8 Å². The molecule has 6 heteroatoms. The van der Waals surface area contributed by atoms with Gasteiger partial charge in [-0.1, -0.05) is 28.1 Å². The first-order valence-corrected chi connectivity index (χ1v) is 7.18. The molecule has 1 aliphatic rings. The molecule has 1 fully saturated rings. The molecule has 20 heavy (non-hydrogen) atoms. The molecule has 1 aliphatic heterocycles. The normalized spacial score (nSPS) is 20.2. The van der Waals surface area contributed by atoms with Gasteiger partial charge in [-0.25, -0.2) is 0 Å². The van der Waals surface area contributed by atoms with Gasteiger partial charge in [-0.3, -0.25) is 9.59 Å². The molecule has 0 spiro atoms. The third-order valence-corrected chi connectivity index (χ3v) is 3.97. The molecule has 1 aromatic carbocycles. The molecule has 1 amide bonds. The van der Waals surface area contributed by atoms with Gasteiger partial charge in [0.2, 0.25) is 5.91 Å². The van der Waals surface area contributed by atoms with Crippen molar-refractivity contribution < 1.29 is 19.8 Å². The molecule has 0 saturated carbocycles. The number of carbonyl (C=O) groups excluding carboxylic acids is 1. The highest BCUT2D eigenvalue weighted by Gasteiger charge is 2.35. The molecule has 2 rings (SSSR count). The molecular weight excluding hydrogens is 326 g/mol. The predicted octanol–water partition coefficient (Wildman–Crippen LogP) is 1.81. The van der Waals surface area contributed by atoms with Crippen LogP contribution in [0.1, 0.15) is 24.4 Å². The van der Waals surface area contributed by atoms with Crippen molar-refractivity contribution in [3.63, 3.8) is 0 Å². The van der Waals surface area contributed by atoms with E-state index in [0.29, 0.717) is 6.54 Å². The predicted molar refractivity (Wildman–Crippen MR) is 76.0 cm³/mol. The molecule has 0 aromatic heterocycles. The summed E-state index contributed by atoms with van der Waals surface area (Å²) >= 11 is 3.36. The van der Waals surface area contributed by atoms with E-state index in [0.717, 1.165) is 10.0 Å². The molecule has 1 aromatic rings. The van der Waals surface area contributed by atoms with E-state index in [2.05, 4.69) is 15.9 Å². The minimum Gasteiger partial charge on any atom is -0.481 e. The zero-order valence-electron chi connectivity index (χ0n) is 10.8. The number of carbonyl (C=O) groups is 2. The maximum atomic E-state index is 12.0. The minimum atomic E-state index is -0.949. The second-order valence-corrected chi connectivity index (χ2v) is 5.88. The lowest BCUT2D eigenvalue weighted by Crippen LogP contribution is -2.32. The van der Waals surface area contributed by atoms with Crippen LogP contribution in [0.25, 0.3) is 0 Å². The van der Waals surface area contributed by atoms with Crippen molar-refractivity contribution in [2.75, 3.05) is 13.2 Å². The smallest absolute Gasteiger partial charge is 0.305 e. The summed E-state index contributed by atoms with van der Waals surface area (Å²) in [5.41, 5.74) is 0.786. The first kappa shape index (κ1) is 15.0. The SMILES string of the molecule is O=C(O)CC(c1cccc(Br)c1)N1CC(CO)CC1=O. The van der Waals surface area contributed by atoms with Gasteiger partial charge in [0.05, 0.1) is 12.5 Å². The number of aliphatic carboxylic acids is 1. The van der Waals surface area contributed by atoms with Crippen LogP contribution in [0.4, 0.5) is 0 Å². The van der Waals surface area contributed by atoms with Crippen LogP contribution in [-0.4, -0.2) is 40.1 Å². The van der Waals surface area contributed by atoms with Crippen molar-refractivity contribution in [1.29, 1.82) is 0 Å². The number of carboxylic acids is 1. The number of nitrogens with zero attached hydrogens (tertiary/aromatic N) is 1. The van der Waals surface area contributed by atoms with Crippen molar-refractivity contribution in [3.05, 3.63) is 34.3 Å². The minimum absolute atomic E-state index is 0.0550. The molecule has 1 heterocycles. The summed E-state index contributed by atoms with van der Waals surface area (Å²) < 4.78 is 0.843. The van der Waals surface area contributed by atoms with Crippen molar-refractivity contribution in [2.45, 2.75) is 18.9 Å². The van der Waals surface area contributed by atoms with Gasteiger partial charge in [-0.05, 0) is 17.7 Å². The van der Waals surface area contributed by atoms with E-state index in [1.165, 1.54) is 0 Å². The molecule has 0 bridgehead atoms. The Hall–Kier alpha value is -1.40. The van der Waals surface area contributed by atoms with Crippen LogP contribution in [0.15, 0.2) is 28.7 Å². The summed E-state index contributed by atoms with van der Waals surface area (Å²) in [7, 11) is 0. The number of likely N-dealkylation sites (tertiary alicyclic amines) is 1. The maximum Gasteiger partial charge on any atom is 0.305 e. The molecule has 2 atom stereocenters. The Bertz CT molecular complexity index is 520. The Labute approximate surface area is 125 Å². The average molecular weight is 342 g/mol. The van der Waals surface area contributed by atoms with E-state index < -0.39 is 12.0 Å². The summed E-state index contributed by atoms with van der Waals surface area (Å²) in [5.74, 6) is -1.16. The molecule has 0 radical (unpaired) electrons. The number of hydrogen-bond donors (Lipinski definition) is 2. The number of benzene rings is 1. The van der Waals surface area contributed by atoms with Gasteiger partial charge < -0.3 is 15.1 Å². The summed E-state index contributed by atoms with van der Waals surface area (Å²) in [6, 6.07) is 6.82. The second kappa shape index (κ2) is 6.37. The highest BCUT2D eigenvalue weighted by Crippen LogP contribution is 2.32. The zero-order chi connectivity index (χ0) is 14.7. The molecule has 108 valence electrons. The lowest BCUT2D eigenvalue weighted by atomic mass is 10.0. The Kier molecular flexibility index (Phi) is 4.77. The Morgan fingerprint density at radius 2 is 2.25 bits per heavy atom. The Morgan fingerprint density at radius 3 is 2.80 bits per heavy atom. The van der Waals surface area contributed by atoms with Crippen molar-refractivity contribution in [1.82, 2.24) is 4.90 Å². The van der Waals surface area contributed by atoms with Crippen LogP contribution in [-0.2, 0) is 9.59 Å². The monoisotopic (exact) mass is 341 g/mol. The number of rotatable bonds is 5. The molecule has 0 aliphatic carbocycles. The third kappa shape index (κ3) is 3.37. The van der Waals surface area contributed by atoms with Crippen molar-refractivity contribution >= 4 is 27.8 Å². The van der Waals surface area contributed by atoms with E-state index >= 15 is 0 Å². The quantitative estimate of drug-likeness (QED) is 0.856. The largest absolute Gasteiger partial charge is 0.481 e. The highest BCUT2D eigenvalue weighted by atomic mass is 79.9. The lowest BCUT2D eigenvalue weighted by molar-refractivity contribution is -0.139. The van der Waals surface area contributed by atoms with Crippen LogP contribution >= 0.6 is 15.9 Å². The van der Waals surface area contributed by atoms with Gasteiger partial charge in [-0.2, -0.15) is 0 Å². The van der Waals surface area contributed by atoms with Gasteiger partial charge >= 0.3 is 5.97 Å². The van der Waals surface area contributed by atoms with Crippen molar-refractivity contribution in [2.24, 2.45) is 5.92 Å². The van der Waals surface area contributed by atoms with Crippen LogP contribution in [0.2, 0.25) is 0 Å². The van der Waals surface area contributed by atoms with Crippen LogP contribution in [0, 0.1) is 5.92 Å². The summed E-state index contributed by atoms with van der Waals surface area (Å²) in [5, 5.41) is 18.3. The number of hydrogen-bond acceptors (Lipinski definition) is 3. The molecule has 5 nitrogen and oxygen atoms in total. The van der Waals surface area contributed by atoms with E-state index in [-0.39, 0.29) is 31.3 Å². The van der Waals surface area contributed by atoms with Crippen LogP contribution in [0.3, 0.4) is 0 Å². The Balaban J connectivity index is 2.28. The fraction of sp³-hybridized carbons (Fsp3) is 0.429. The molecule has 2 N–H and O–H groups in total. The number of halogens is 1. The van der Waals surface area contributed by atoms with Crippen LogP contribution < -0.4 is 0 Å². The number of carboxylic acid groups (broad SMARTS) is 1. The fourth-order valence-electron chi connectivity index (χ4n) is 2.52. The van der Waals surface area contributed by atoms with Crippen molar-refractivity contribution in [3.8, 4) is 0 Å². The number of amides is 1. The van der Waals surface area contributed by atoms with Gasteiger partial charge in [0, 0.05) is 30.0 Å². The first-order chi connectivity index (χ1) is 9.51. The first-order valence-electron chi connectivity index (χ1n) is 6.39. The van der Waals surface area contributed by atoms with Gasteiger partial charge in [0.15, 0.2) is 0 Å². The summed E-state index contributed by atoms with van der Waals surface area (Å²) in [6.45, 7) is 0.348. The fourth-order valence-corrected chi connectivity index (χ4v) is 2.94. The van der Waals surface area contributed by atoms with E-state index in [1.54, 1.807) is 4.90 Å². The third-order valence-electron chi connectivity index (χ3n) is 3.47. The summed E-state index contributed by atoms with van der Waals surface area (Å²) in [6.07, 6.45) is 0.140. The standard InChI is InChI=1S/C14H16BrNO4/c15-11-3-1-2-10(5-11)12(6-14(19)20)16-7-9(8-17)4-13(16)18/h1-3,5,9,12,17H,4,6-8H2,(H,19,20). The van der Waals surface area contributed by atoms with E-state index in [4.69, 9.17) is 5.11 Å². The summed E-state index contributed by atoms with van der Waals surface area (Å²) in [4.78, 5) is 24.7. The molecule has 1 saturated heterocycles. The number of aliphatic hydroxyl groups is 1. The average Bonchev–Trinajstić information content (AvgIpc) is 2.77. The second-order valence-electron chi connectivity index (χ2n) is 4.97. The van der Waals surface area contributed by atoms with Gasteiger partial charge in [0.1, 0.15) is 0 Å². The number of aliphatic hydroxyl groups excluding tert-OH is 1.